The lowest BCUT2D eigenvalue weighted by atomic mass is 10.1. The number of unbranched alkanes of at least 4 members (excludes halogenated alkanes) is 1. The van der Waals surface area contributed by atoms with Crippen LogP contribution in [-0.2, 0) is 16.0 Å². The highest BCUT2D eigenvalue weighted by molar-refractivity contribution is 5.95. The van der Waals surface area contributed by atoms with Gasteiger partial charge in [0.2, 0.25) is 0 Å². The summed E-state index contributed by atoms with van der Waals surface area (Å²) in [7, 11) is 1.52. The molecule has 1 N–H and O–H groups in total. The molecular weight excluding hydrogens is 270 g/mol. The van der Waals surface area contributed by atoms with Crippen LogP contribution in [0.5, 0.6) is 0 Å². The molecule has 0 saturated carbocycles. The number of carboxylic acids is 1. The number of aliphatic carboxylic acids is 1. The Bertz CT molecular complexity index is 456. The molecule has 0 heterocycles. The number of carbonyl (C=O) groups excluding carboxylic acids is 1. The van der Waals surface area contributed by atoms with Crippen LogP contribution in [0.25, 0.3) is 0 Å². The molecule has 0 bridgehead atoms. The van der Waals surface area contributed by atoms with E-state index in [1.165, 1.54) is 17.6 Å². The number of methoxy groups -OCH3 is 1. The van der Waals surface area contributed by atoms with Gasteiger partial charge in [0, 0.05) is 19.2 Å². The van der Waals surface area contributed by atoms with Crippen LogP contribution in [-0.4, -0.2) is 48.7 Å². The second-order valence-corrected chi connectivity index (χ2v) is 4.91. The number of carboxylic acid groups (broad SMARTS) is 1. The van der Waals surface area contributed by atoms with E-state index in [0.29, 0.717) is 12.2 Å². The number of benzene rings is 1. The Morgan fingerprint density at radius 1 is 1.24 bits per heavy atom. The van der Waals surface area contributed by atoms with Crippen LogP contribution < -0.4 is 0 Å². The smallest absolute Gasteiger partial charge is 0.323 e. The van der Waals surface area contributed by atoms with Crippen molar-refractivity contribution in [2.45, 2.75) is 26.2 Å². The Hall–Kier alpha value is -1.88. The first-order valence-corrected chi connectivity index (χ1v) is 7.17. The Morgan fingerprint density at radius 2 is 1.90 bits per heavy atom. The fraction of sp³-hybridized carbons (Fsp3) is 0.500. The largest absolute Gasteiger partial charge is 0.480 e. The molecule has 0 radical (unpaired) electrons. The molecule has 0 saturated heterocycles. The zero-order valence-corrected chi connectivity index (χ0v) is 12.7. The van der Waals surface area contributed by atoms with Gasteiger partial charge in [0.25, 0.3) is 5.91 Å². The molecule has 5 heteroatoms. The number of amides is 1. The molecular formula is C16H23NO4. The Balaban J connectivity index is 2.75. The van der Waals surface area contributed by atoms with Crippen LogP contribution in [0.1, 0.15) is 35.7 Å². The third-order valence-corrected chi connectivity index (χ3v) is 3.20. The van der Waals surface area contributed by atoms with E-state index < -0.39 is 5.97 Å². The summed E-state index contributed by atoms with van der Waals surface area (Å²) in [6.07, 6.45) is 3.24. The van der Waals surface area contributed by atoms with Crippen LogP contribution >= 0.6 is 0 Å². The summed E-state index contributed by atoms with van der Waals surface area (Å²) in [5.74, 6) is -1.31. The SMILES string of the molecule is CCCCc1ccc(C(=O)N(CCOC)CC(=O)O)cc1. The predicted molar refractivity (Wildman–Crippen MR) is 80.5 cm³/mol. The van der Waals surface area contributed by atoms with E-state index in [9.17, 15) is 9.59 Å². The third-order valence-electron chi connectivity index (χ3n) is 3.20. The molecule has 0 spiro atoms. The van der Waals surface area contributed by atoms with Crippen molar-refractivity contribution in [2.24, 2.45) is 0 Å². The normalized spacial score (nSPS) is 10.4. The van der Waals surface area contributed by atoms with Gasteiger partial charge in [-0.2, -0.15) is 0 Å². The molecule has 0 aliphatic rings. The van der Waals surface area contributed by atoms with Crippen LogP contribution in [0.2, 0.25) is 0 Å². The number of hydrogen-bond donors (Lipinski definition) is 1. The van der Waals surface area contributed by atoms with Crippen molar-refractivity contribution in [1.29, 1.82) is 0 Å². The maximum atomic E-state index is 12.3. The van der Waals surface area contributed by atoms with Crippen molar-refractivity contribution in [1.82, 2.24) is 4.90 Å². The van der Waals surface area contributed by atoms with Crippen molar-refractivity contribution in [3.8, 4) is 0 Å². The van der Waals surface area contributed by atoms with Gasteiger partial charge in [0.15, 0.2) is 0 Å². The number of hydrogen-bond acceptors (Lipinski definition) is 3. The molecule has 0 aliphatic carbocycles. The average Bonchev–Trinajstić information content (AvgIpc) is 2.49. The highest BCUT2D eigenvalue weighted by atomic mass is 16.5. The fourth-order valence-corrected chi connectivity index (χ4v) is 1.99. The molecule has 1 rings (SSSR count). The van der Waals surface area contributed by atoms with Crippen molar-refractivity contribution >= 4 is 11.9 Å². The van der Waals surface area contributed by atoms with Crippen molar-refractivity contribution in [3.63, 3.8) is 0 Å². The first kappa shape index (κ1) is 17.2. The molecule has 21 heavy (non-hydrogen) atoms. The van der Waals surface area contributed by atoms with Crippen molar-refractivity contribution in [2.75, 3.05) is 26.8 Å². The molecule has 0 atom stereocenters. The molecule has 0 fully saturated rings. The quantitative estimate of drug-likeness (QED) is 0.758. The van der Waals surface area contributed by atoms with Gasteiger partial charge < -0.3 is 14.7 Å². The molecule has 5 nitrogen and oxygen atoms in total. The predicted octanol–water partition coefficient (Wildman–Crippen LogP) is 2.20. The molecule has 0 unspecified atom stereocenters. The number of nitrogens with zero attached hydrogens (tertiary/aromatic N) is 1. The molecule has 0 aromatic heterocycles. The fourth-order valence-electron chi connectivity index (χ4n) is 1.99. The highest BCUT2D eigenvalue weighted by Gasteiger charge is 2.18. The summed E-state index contributed by atoms with van der Waals surface area (Å²) in [5, 5.41) is 8.89. The Morgan fingerprint density at radius 3 is 2.43 bits per heavy atom. The second kappa shape index (κ2) is 9.13. The van der Waals surface area contributed by atoms with Gasteiger partial charge >= 0.3 is 5.97 Å². The number of aryl methyl sites for hydroxylation is 1. The van der Waals surface area contributed by atoms with Gasteiger partial charge in [0.1, 0.15) is 6.54 Å². The lowest BCUT2D eigenvalue weighted by Crippen LogP contribution is -2.38. The van der Waals surface area contributed by atoms with Gasteiger partial charge in [-0.3, -0.25) is 9.59 Å². The zero-order valence-electron chi connectivity index (χ0n) is 12.7. The van der Waals surface area contributed by atoms with E-state index in [1.54, 1.807) is 12.1 Å². The number of rotatable bonds is 9. The Kier molecular flexibility index (Phi) is 7.46. The molecule has 1 aromatic rings. The first-order valence-electron chi connectivity index (χ1n) is 7.17. The van der Waals surface area contributed by atoms with Crippen LogP contribution in [0.3, 0.4) is 0 Å². The lowest BCUT2D eigenvalue weighted by molar-refractivity contribution is -0.137. The van der Waals surface area contributed by atoms with Crippen molar-refractivity contribution < 1.29 is 19.4 Å². The topological polar surface area (TPSA) is 66.8 Å². The van der Waals surface area contributed by atoms with Gasteiger partial charge in [0.05, 0.1) is 6.61 Å². The molecule has 1 amide bonds. The summed E-state index contributed by atoms with van der Waals surface area (Å²) in [6, 6.07) is 7.38. The summed E-state index contributed by atoms with van der Waals surface area (Å²) in [4.78, 5) is 24.4. The van der Waals surface area contributed by atoms with Gasteiger partial charge in [-0.15, -0.1) is 0 Å². The van der Waals surface area contributed by atoms with E-state index in [1.807, 2.05) is 12.1 Å². The van der Waals surface area contributed by atoms with Crippen molar-refractivity contribution in [3.05, 3.63) is 35.4 Å². The second-order valence-electron chi connectivity index (χ2n) is 4.91. The Labute approximate surface area is 125 Å². The minimum Gasteiger partial charge on any atom is -0.480 e. The minimum atomic E-state index is -1.03. The third kappa shape index (κ3) is 5.95. The molecule has 116 valence electrons. The number of carbonyl (C=O) groups is 2. The zero-order chi connectivity index (χ0) is 15.7. The van der Waals surface area contributed by atoms with E-state index >= 15 is 0 Å². The van der Waals surface area contributed by atoms with E-state index in [0.717, 1.165) is 19.3 Å². The highest BCUT2D eigenvalue weighted by Crippen LogP contribution is 2.10. The standard InChI is InChI=1S/C16H23NO4/c1-3-4-5-13-6-8-14(9-7-13)16(20)17(10-11-21-2)12-15(18)19/h6-9H,3-5,10-12H2,1-2H3,(H,18,19). The van der Waals surface area contributed by atoms with E-state index in [4.69, 9.17) is 9.84 Å². The summed E-state index contributed by atoms with van der Waals surface area (Å²) < 4.78 is 4.92. The molecule has 1 aromatic carbocycles. The lowest BCUT2D eigenvalue weighted by Gasteiger charge is -2.20. The van der Waals surface area contributed by atoms with Gasteiger partial charge in [-0.25, -0.2) is 0 Å². The van der Waals surface area contributed by atoms with E-state index in [-0.39, 0.29) is 19.0 Å². The minimum absolute atomic E-state index is 0.263. The van der Waals surface area contributed by atoms with Gasteiger partial charge in [-0.1, -0.05) is 25.5 Å². The molecule has 0 aliphatic heterocycles. The van der Waals surface area contributed by atoms with Crippen LogP contribution in [0, 0.1) is 0 Å². The van der Waals surface area contributed by atoms with E-state index in [2.05, 4.69) is 6.92 Å². The van der Waals surface area contributed by atoms with Crippen LogP contribution in [0.4, 0.5) is 0 Å². The maximum absolute atomic E-state index is 12.3. The monoisotopic (exact) mass is 293 g/mol. The maximum Gasteiger partial charge on any atom is 0.323 e. The van der Waals surface area contributed by atoms with Crippen LogP contribution in [0.15, 0.2) is 24.3 Å². The number of ether oxygens (including phenoxy) is 1. The first-order chi connectivity index (χ1) is 10.1. The summed E-state index contributed by atoms with van der Waals surface area (Å²) in [6.45, 7) is 2.39. The summed E-state index contributed by atoms with van der Waals surface area (Å²) in [5.41, 5.74) is 1.70. The average molecular weight is 293 g/mol. The van der Waals surface area contributed by atoms with Gasteiger partial charge in [-0.05, 0) is 30.5 Å². The summed E-state index contributed by atoms with van der Waals surface area (Å²) >= 11 is 0.